The fraction of sp³-hybridized carbons (Fsp3) is 0.600. The van der Waals surface area contributed by atoms with E-state index in [0.29, 0.717) is 23.1 Å². The van der Waals surface area contributed by atoms with Gasteiger partial charge in [-0.3, -0.25) is 0 Å². The lowest BCUT2D eigenvalue weighted by Crippen LogP contribution is -2.64. The maximum absolute atomic E-state index is 10.4. The van der Waals surface area contributed by atoms with Gasteiger partial charge in [0.25, 0.3) is 0 Å². The quantitative estimate of drug-likeness (QED) is 0.502. The van der Waals surface area contributed by atoms with Gasteiger partial charge in [-0.05, 0) is 107 Å². The number of aliphatic hydroxyl groups is 1. The molecule has 3 heterocycles. The monoisotopic (exact) mass is 556 g/mol. The summed E-state index contributed by atoms with van der Waals surface area (Å²) in [4.78, 5) is 5.06. The van der Waals surface area contributed by atoms with E-state index in [1.165, 1.54) is 56.2 Å². The third-order valence-electron chi connectivity index (χ3n) is 12.5. The van der Waals surface area contributed by atoms with Crippen molar-refractivity contribution in [3.05, 3.63) is 64.7 Å². The molecule has 41 heavy (non-hydrogen) atoms. The summed E-state index contributed by atoms with van der Waals surface area (Å²) in [6.45, 7) is 2.27. The van der Waals surface area contributed by atoms with Crippen LogP contribution in [-0.4, -0.2) is 78.6 Å². The number of phenolic OH excluding ortho intramolecular Hbond substituents is 1. The molecular formula is C35H44N2O4. The van der Waals surface area contributed by atoms with Gasteiger partial charge in [0.15, 0.2) is 11.5 Å². The second-order valence-electron chi connectivity index (χ2n) is 14.0. The Morgan fingerprint density at radius 2 is 1.71 bits per heavy atom. The highest BCUT2D eigenvalue weighted by molar-refractivity contribution is 5.61. The molecule has 7 aliphatic rings. The summed E-state index contributed by atoms with van der Waals surface area (Å²) in [7, 11) is 6.31. The lowest BCUT2D eigenvalue weighted by Gasteiger charge is -2.58. The Labute approximate surface area is 243 Å². The number of fused-ring (bicyclic) bond motifs is 1. The van der Waals surface area contributed by atoms with Crippen LogP contribution in [0.2, 0.25) is 0 Å². The van der Waals surface area contributed by atoms with Gasteiger partial charge in [-0.1, -0.05) is 37.1 Å². The Morgan fingerprint density at radius 1 is 0.927 bits per heavy atom. The molecule has 3 fully saturated rings. The first-order chi connectivity index (χ1) is 19.9. The number of nitrogens with zero attached hydrogens (tertiary/aromatic N) is 2. The summed E-state index contributed by atoms with van der Waals surface area (Å²) in [5.41, 5.74) is 5.96. The third-order valence-corrected chi connectivity index (χ3v) is 12.5. The molecule has 9 rings (SSSR count). The minimum atomic E-state index is -0.594. The second kappa shape index (κ2) is 9.23. The number of rotatable bonds is 1. The largest absolute Gasteiger partial charge is 0.504 e. The Morgan fingerprint density at radius 3 is 2.56 bits per heavy atom. The van der Waals surface area contributed by atoms with Crippen LogP contribution in [-0.2, 0) is 23.7 Å². The Balaban J connectivity index is 0.000000125. The zero-order chi connectivity index (χ0) is 28.1. The highest BCUT2D eigenvalue weighted by Gasteiger charge is 2.64. The van der Waals surface area contributed by atoms with E-state index in [1.54, 1.807) is 24.3 Å². The molecule has 0 unspecified atom stereocenters. The van der Waals surface area contributed by atoms with Crippen molar-refractivity contribution < 1.29 is 19.7 Å². The van der Waals surface area contributed by atoms with Crippen LogP contribution in [0, 0.1) is 11.8 Å². The summed E-state index contributed by atoms with van der Waals surface area (Å²) < 4.78 is 11.6. The molecule has 2 N–H and O–H groups in total. The molecule has 1 saturated carbocycles. The summed E-state index contributed by atoms with van der Waals surface area (Å²) in [5, 5.41) is 20.6. The van der Waals surface area contributed by atoms with Gasteiger partial charge in [0.1, 0.15) is 18.0 Å². The first kappa shape index (κ1) is 26.1. The Bertz CT molecular complexity index is 1410. The van der Waals surface area contributed by atoms with Crippen molar-refractivity contribution in [3.63, 3.8) is 0 Å². The molecule has 2 aromatic carbocycles. The first-order valence-electron chi connectivity index (χ1n) is 15.8. The number of piperidine rings is 2. The van der Waals surface area contributed by atoms with Crippen molar-refractivity contribution >= 4 is 0 Å². The molecule has 8 atom stereocenters. The highest BCUT2D eigenvalue weighted by Crippen LogP contribution is 2.62. The smallest absolute Gasteiger partial charge is 0.165 e. The highest BCUT2D eigenvalue weighted by atomic mass is 16.5. The number of benzene rings is 2. The predicted octanol–water partition coefficient (Wildman–Crippen LogP) is 4.58. The summed E-state index contributed by atoms with van der Waals surface area (Å²) in [6, 6.07) is 11.8. The van der Waals surface area contributed by atoms with Crippen LogP contribution in [0.1, 0.15) is 60.8 Å². The minimum absolute atomic E-state index is 0.160. The third kappa shape index (κ3) is 3.47. The maximum Gasteiger partial charge on any atom is 0.165 e. The minimum Gasteiger partial charge on any atom is -0.504 e. The van der Waals surface area contributed by atoms with E-state index in [-0.39, 0.29) is 17.3 Å². The van der Waals surface area contributed by atoms with Crippen molar-refractivity contribution in [2.24, 2.45) is 11.8 Å². The van der Waals surface area contributed by atoms with E-state index in [2.05, 4.69) is 48.2 Å². The molecule has 0 aromatic heterocycles. The molecule has 2 aromatic rings. The number of likely N-dealkylation sites (N-methyl/N-ethyl adjacent to an activating group) is 2. The van der Waals surface area contributed by atoms with Crippen LogP contribution < -0.4 is 9.47 Å². The average molecular weight is 557 g/mol. The van der Waals surface area contributed by atoms with Crippen molar-refractivity contribution in [2.45, 2.75) is 86.5 Å². The van der Waals surface area contributed by atoms with Crippen LogP contribution in [0.15, 0.2) is 42.5 Å². The molecule has 0 radical (unpaired) electrons. The molecule has 2 saturated heterocycles. The standard InChI is InChI=1S/C18H25NO.C17H19NO3/c1-19-10-9-18-8-4-3-5-15(18)17(19)11-13-6-7-14(20-2)12-16(13)18;1-18-7-6-17-10-3-5-13(20)16(17)21-15-12(19)4-2-9(14(15)17)8-11(10)18/h6-7,12,15,17H,3-5,8-11H2,1-2H3;2-5,10-11,13,16,19-20H,6-8H2,1H3/t15-,17-,18-;10-,11+,13-,16-,17-/m10/s1. The normalized spacial score (nSPS) is 39.4. The summed E-state index contributed by atoms with van der Waals surface area (Å²) >= 11 is 0. The molecule has 6 heteroatoms. The summed E-state index contributed by atoms with van der Waals surface area (Å²) in [5.74, 6) is 3.10. The van der Waals surface area contributed by atoms with Crippen molar-refractivity contribution in [3.8, 4) is 17.2 Å². The average Bonchev–Trinajstić information content (AvgIpc) is 3.35. The fourth-order valence-corrected chi connectivity index (χ4v) is 10.5. The van der Waals surface area contributed by atoms with Crippen molar-refractivity contribution in [1.29, 1.82) is 0 Å². The SMILES string of the molecule is CN1CC[C@]23c4c5ccc(O)c4O[C@H]2[C@@H](O)C=C[C@H]3[C@H]1C5.COc1ccc2c(c1)[C@@]13CCCC[C@@H]1[C@@H](C2)N(C)CC3. The number of ether oxygens (including phenoxy) is 2. The Kier molecular flexibility index (Phi) is 5.88. The van der Waals surface area contributed by atoms with Crippen molar-refractivity contribution in [1.82, 2.24) is 9.80 Å². The number of aliphatic hydroxyl groups excluding tert-OH is 1. The van der Waals surface area contributed by atoms with Gasteiger partial charge >= 0.3 is 0 Å². The molecular weight excluding hydrogens is 512 g/mol. The summed E-state index contributed by atoms with van der Waals surface area (Å²) in [6.07, 6.45) is 13.4. The van der Waals surface area contributed by atoms with Gasteiger partial charge in [0.05, 0.1) is 7.11 Å². The van der Waals surface area contributed by atoms with Crippen LogP contribution in [0.5, 0.6) is 17.2 Å². The van der Waals surface area contributed by atoms with Gasteiger partial charge in [0, 0.05) is 34.4 Å². The predicted molar refractivity (Wildman–Crippen MR) is 159 cm³/mol. The van der Waals surface area contributed by atoms with Crippen LogP contribution >= 0.6 is 0 Å². The second-order valence-corrected chi connectivity index (χ2v) is 14.0. The topological polar surface area (TPSA) is 65.4 Å². The Hall–Kier alpha value is -2.54. The van der Waals surface area contributed by atoms with Crippen LogP contribution in [0.3, 0.4) is 0 Å². The van der Waals surface area contributed by atoms with Gasteiger partial charge in [-0.25, -0.2) is 0 Å². The van der Waals surface area contributed by atoms with Crippen molar-refractivity contribution in [2.75, 3.05) is 34.3 Å². The number of hydrogen-bond donors (Lipinski definition) is 2. The van der Waals surface area contributed by atoms with E-state index in [9.17, 15) is 10.2 Å². The molecule has 1 spiro atoms. The number of hydrogen-bond acceptors (Lipinski definition) is 6. The number of aromatic hydroxyl groups is 1. The van der Waals surface area contributed by atoms with E-state index < -0.39 is 6.10 Å². The van der Waals surface area contributed by atoms with Gasteiger partial charge in [-0.15, -0.1) is 0 Å². The zero-order valence-electron chi connectivity index (χ0n) is 24.7. The number of phenols is 1. The lowest BCUT2D eigenvalue weighted by atomic mass is 9.52. The first-order valence-corrected chi connectivity index (χ1v) is 15.8. The van der Waals surface area contributed by atoms with E-state index in [1.807, 2.05) is 12.1 Å². The van der Waals surface area contributed by atoms with Gasteiger partial charge in [-0.2, -0.15) is 0 Å². The molecule has 4 aliphatic carbocycles. The fourth-order valence-electron chi connectivity index (χ4n) is 10.5. The van der Waals surface area contributed by atoms with E-state index in [4.69, 9.17) is 9.47 Å². The number of likely N-dealkylation sites (tertiary alicyclic amines) is 2. The van der Waals surface area contributed by atoms with Crippen LogP contribution in [0.4, 0.5) is 0 Å². The van der Waals surface area contributed by atoms with Crippen LogP contribution in [0.25, 0.3) is 0 Å². The molecule has 6 nitrogen and oxygen atoms in total. The van der Waals surface area contributed by atoms with E-state index in [0.717, 1.165) is 37.1 Å². The van der Waals surface area contributed by atoms with E-state index >= 15 is 0 Å². The zero-order valence-corrected chi connectivity index (χ0v) is 24.7. The molecule has 4 bridgehead atoms. The van der Waals surface area contributed by atoms with Gasteiger partial charge in [0.2, 0.25) is 0 Å². The van der Waals surface area contributed by atoms with Gasteiger partial charge < -0.3 is 29.5 Å². The maximum atomic E-state index is 10.4. The molecule has 0 amide bonds. The number of methoxy groups -OCH3 is 1. The molecule has 3 aliphatic heterocycles. The molecule has 218 valence electrons. The lowest BCUT2D eigenvalue weighted by molar-refractivity contribution is -0.0453.